The molecule has 0 aliphatic carbocycles. The maximum Gasteiger partial charge on any atom is 0.0340 e. The Hall–Kier alpha value is -0.500. The van der Waals surface area contributed by atoms with Gasteiger partial charge in [0.25, 0.3) is 0 Å². The van der Waals surface area contributed by atoms with Crippen LogP contribution in [0, 0.1) is 0 Å². The van der Waals surface area contributed by atoms with E-state index in [-0.39, 0.29) is 0 Å². The van der Waals surface area contributed by atoms with Crippen molar-refractivity contribution in [2.24, 2.45) is 0 Å². The maximum atomic E-state index is 3.38. The fraction of sp³-hybridized carbons (Fsp3) is 0.857. The van der Waals surface area contributed by atoms with Crippen molar-refractivity contribution in [3.05, 3.63) is 11.8 Å². The predicted molar refractivity (Wildman–Crippen MR) is 75.3 cm³/mol. The average molecular weight is 228 g/mol. The number of piperidine rings is 1. The first-order chi connectivity index (χ1) is 7.88. The van der Waals surface area contributed by atoms with E-state index in [1.165, 1.54) is 31.5 Å². The topological polar surface area (TPSA) is 15.3 Å². The molecule has 16 heavy (non-hydrogen) atoms. The van der Waals surface area contributed by atoms with Crippen molar-refractivity contribution in [1.29, 1.82) is 0 Å². The zero-order valence-corrected chi connectivity index (χ0v) is 12.3. The highest BCUT2D eigenvalue weighted by Gasteiger charge is 2.12. The highest BCUT2D eigenvalue weighted by Crippen LogP contribution is 2.18. The standard InChI is InChI=1S/C10H20N2.2C2H6/c1-3-7-10-8-5-6-9-12(10)11-4-2;2*1-2/h7,11H,3-6,8-9H2,1-2H3;2*1-2H3/b10-7-;;. The highest BCUT2D eigenvalue weighted by atomic mass is 15.5. The van der Waals surface area contributed by atoms with Crippen LogP contribution in [0.3, 0.4) is 0 Å². The molecule has 0 aromatic heterocycles. The molecular formula is C14H32N2. The van der Waals surface area contributed by atoms with Crippen LogP contribution in [0.2, 0.25) is 0 Å². The lowest BCUT2D eigenvalue weighted by atomic mass is 10.1. The van der Waals surface area contributed by atoms with Gasteiger partial charge in [-0.15, -0.1) is 0 Å². The van der Waals surface area contributed by atoms with Crippen LogP contribution in [-0.4, -0.2) is 18.1 Å². The Morgan fingerprint density at radius 3 is 2.25 bits per heavy atom. The van der Waals surface area contributed by atoms with Crippen molar-refractivity contribution in [3.8, 4) is 0 Å². The van der Waals surface area contributed by atoms with E-state index >= 15 is 0 Å². The summed E-state index contributed by atoms with van der Waals surface area (Å²) in [5.41, 5.74) is 4.88. The molecule has 0 aromatic rings. The van der Waals surface area contributed by atoms with Gasteiger partial charge in [0.1, 0.15) is 0 Å². The van der Waals surface area contributed by atoms with E-state index in [2.05, 4.69) is 30.4 Å². The molecule has 2 heteroatoms. The molecular weight excluding hydrogens is 196 g/mol. The summed E-state index contributed by atoms with van der Waals surface area (Å²) in [5.74, 6) is 0. The molecule has 1 saturated heterocycles. The van der Waals surface area contributed by atoms with Crippen LogP contribution in [0.4, 0.5) is 0 Å². The van der Waals surface area contributed by atoms with Crippen LogP contribution in [0.5, 0.6) is 0 Å². The van der Waals surface area contributed by atoms with Crippen molar-refractivity contribution in [2.75, 3.05) is 13.1 Å². The van der Waals surface area contributed by atoms with Crippen LogP contribution in [0.1, 0.15) is 67.2 Å². The molecule has 0 atom stereocenters. The van der Waals surface area contributed by atoms with E-state index in [1.54, 1.807) is 0 Å². The first-order valence-electron chi connectivity index (χ1n) is 7.08. The van der Waals surface area contributed by atoms with Gasteiger partial charge in [-0.1, -0.05) is 47.6 Å². The molecule has 1 rings (SSSR count). The third kappa shape index (κ3) is 7.75. The van der Waals surface area contributed by atoms with Crippen molar-refractivity contribution in [3.63, 3.8) is 0 Å². The van der Waals surface area contributed by atoms with Gasteiger partial charge in [0.15, 0.2) is 0 Å². The van der Waals surface area contributed by atoms with Gasteiger partial charge in [-0.2, -0.15) is 0 Å². The van der Waals surface area contributed by atoms with Gasteiger partial charge in [-0.05, 0) is 25.7 Å². The smallest absolute Gasteiger partial charge is 0.0340 e. The monoisotopic (exact) mass is 228 g/mol. The molecule has 1 fully saturated rings. The third-order valence-corrected chi connectivity index (χ3v) is 2.20. The summed E-state index contributed by atoms with van der Waals surface area (Å²) in [6.07, 6.45) is 7.42. The normalized spacial score (nSPS) is 17.1. The van der Waals surface area contributed by atoms with E-state index in [9.17, 15) is 0 Å². The number of hydrogen-bond donors (Lipinski definition) is 1. The largest absolute Gasteiger partial charge is 0.313 e. The number of rotatable bonds is 3. The summed E-state index contributed by atoms with van der Waals surface area (Å²) in [4.78, 5) is 0. The maximum absolute atomic E-state index is 3.38. The van der Waals surface area contributed by atoms with Gasteiger partial charge in [0.2, 0.25) is 0 Å². The quantitative estimate of drug-likeness (QED) is 0.773. The molecule has 1 aliphatic rings. The molecule has 2 nitrogen and oxygen atoms in total. The van der Waals surface area contributed by atoms with Gasteiger partial charge in [0, 0.05) is 18.8 Å². The van der Waals surface area contributed by atoms with Crippen LogP contribution < -0.4 is 5.43 Å². The minimum absolute atomic E-state index is 1.03. The Kier molecular flexibility index (Phi) is 16.2. The SMILES string of the molecule is CC.CC.CC/C=C1/CCCCN1NCC. The van der Waals surface area contributed by atoms with Crippen LogP contribution >= 0.6 is 0 Å². The zero-order valence-electron chi connectivity index (χ0n) is 12.3. The minimum Gasteiger partial charge on any atom is -0.313 e. The summed E-state index contributed by atoms with van der Waals surface area (Å²) >= 11 is 0. The molecule has 0 aromatic carbocycles. The molecule has 0 unspecified atom stereocenters. The molecule has 0 bridgehead atoms. The predicted octanol–water partition coefficient (Wildman–Crippen LogP) is 4.34. The average Bonchev–Trinajstić information content (AvgIpc) is 2.37. The van der Waals surface area contributed by atoms with Crippen molar-refractivity contribution >= 4 is 0 Å². The van der Waals surface area contributed by atoms with Gasteiger partial charge in [-0.25, -0.2) is 5.43 Å². The molecule has 0 saturated carbocycles. The van der Waals surface area contributed by atoms with Crippen LogP contribution in [0.15, 0.2) is 11.8 Å². The molecule has 0 radical (unpaired) electrons. The molecule has 0 amide bonds. The lowest BCUT2D eigenvalue weighted by molar-refractivity contribution is 0.212. The Morgan fingerprint density at radius 2 is 1.75 bits per heavy atom. The summed E-state index contributed by atoms with van der Waals surface area (Å²) in [6, 6.07) is 0. The summed E-state index contributed by atoms with van der Waals surface area (Å²) in [5, 5.41) is 2.31. The van der Waals surface area contributed by atoms with E-state index in [1.807, 2.05) is 27.7 Å². The lowest BCUT2D eigenvalue weighted by Crippen LogP contribution is -2.39. The Labute approximate surface area is 103 Å². The molecule has 1 heterocycles. The molecule has 98 valence electrons. The summed E-state index contributed by atoms with van der Waals surface area (Å²) in [7, 11) is 0. The van der Waals surface area contributed by atoms with Crippen LogP contribution in [0.25, 0.3) is 0 Å². The molecule has 1 aliphatic heterocycles. The van der Waals surface area contributed by atoms with Gasteiger partial charge in [0.05, 0.1) is 0 Å². The first-order valence-corrected chi connectivity index (χ1v) is 7.08. The van der Waals surface area contributed by atoms with Crippen molar-refractivity contribution in [2.45, 2.75) is 67.2 Å². The number of hydrogen-bond acceptors (Lipinski definition) is 2. The fourth-order valence-electron chi connectivity index (χ4n) is 1.67. The van der Waals surface area contributed by atoms with Gasteiger partial charge >= 0.3 is 0 Å². The third-order valence-electron chi connectivity index (χ3n) is 2.20. The summed E-state index contributed by atoms with van der Waals surface area (Å²) in [6.45, 7) is 14.6. The second-order valence-electron chi connectivity index (χ2n) is 3.22. The first kappa shape index (κ1) is 17.9. The lowest BCUT2D eigenvalue weighted by Gasteiger charge is -2.31. The van der Waals surface area contributed by atoms with Gasteiger partial charge in [-0.3, -0.25) is 0 Å². The number of hydrazine groups is 1. The van der Waals surface area contributed by atoms with E-state index in [0.717, 1.165) is 13.0 Å². The molecule has 1 N–H and O–H groups in total. The second kappa shape index (κ2) is 14.5. The highest BCUT2D eigenvalue weighted by molar-refractivity contribution is 5.01. The Balaban J connectivity index is 0. The Bertz CT molecular complexity index is 151. The van der Waals surface area contributed by atoms with Crippen molar-refractivity contribution in [1.82, 2.24) is 10.4 Å². The minimum atomic E-state index is 1.03. The Morgan fingerprint density at radius 1 is 1.12 bits per heavy atom. The number of nitrogens with zero attached hydrogens (tertiary/aromatic N) is 1. The second-order valence-corrected chi connectivity index (χ2v) is 3.22. The number of allylic oxidation sites excluding steroid dienone is 2. The van der Waals surface area contributed by atoms with E-state index in [0.29, 0.717) is 0 Å². The van der Waals surface area contributed by atoms with E-state index in [4.69, 9.17) is 0 Å². The van der Waals surface area contributed by atoms with Gasteiger partial charge < -0.3 is 5.01 Å². The van der Waals surface area contributed by atoms with Crippen LogP contribution in [-0.2, 0) is 0 Å². The molecule has 0 spiro atoms. The fourth-order valence-corrected chi connectivity index (χ4v) is 1.67. The van der Waals surface area contributed by atoms with E-state index < -0.39 is 0 Å². The number of nitrogens with one attached hydrogen (secondary N) is 1. The zero-order chi connectivity index (χ0) is 12.8. The van der Waals surface area contributed by atoms with Crippen molar-refractivity contribution < 1.29 is 0 Å². The summed E-state index contributed by atoms with van der Waals surface area (Å²) < 4.78 is 0.